The highest BCUT2D eigenvalue weighted by atomic mass is 127. The molecule has 1 heterocycles. The minimum Gasteiger partial charge on any atom is -0.493 e. The van der Waals surface area contributed by atoms with Crippen LogP contribution in [0.4, 0.5) is 5.69 Å². The number of amidine groups is 1. The van der Waals surface area contributed by atoms with Crippen LogP contribution in [-0.4, -0.2) is 24.8 Å². The zero-order valence-electron chi connectivity index (χ0n) is 15.2. The summed E-state index contributed by atoms with van der Waals surface area (Å²) in [4.78, 5) is 17.4. The predicted octanol–water partition coefficient (Wildman–Crippen LogP) is 4.90. The van der Waals surface area contributed by atoms with Gasteiger partial charge in [0.2, 0.25) is 0 Å². The zero-order chi connectivity index (χ0) is 19.4. The van der Waals surface area contributed by atoms with Crippen LogP contribution >= 0.6 is 34.4 Å². The number of carbonyl (C=O) groups is 1. The zero-order valence-corrected chi connectivity index (χ0v) is 18.2. The molecular formula is C20H19IN2O3S. The molecule has 1 saturated heterocycles. The van der Waals surface area contributed by atoms with E-state index in [1.807, 2.05) is 56.3 Å². The molecule has 140 valence electrons. The third kappa shape index (κ3) is 4.84. The molecule has 1 fully saturated rings. The lowest BCUT2D eigenvalue weighted by molar-refractivity contribution is -0.115. The van der Waals surface area contributed by atoms with Crippen molar-refractivity contribution in [3.05, 3.63) is 56.0 Å². The van der Waals surface area contributed by atoms with Crippen LogP contribution in [0.5, 0.6) is 11.5 Å². The third-order valence-electron chi connectivity index (χ3n) is 3.75. The largest absolute Gasteiger partial charge is 0.493 e. The summed E-state index contributed by atoms with van der Waals surface area (Å²) in [5.41, 5.74) is 2.84. The molecule has 1 N–H and O–H groups in total. The summed E-state index contributed by atoms with van der Waals surface area (Å²) in [7, 11) is 1.61. The van der Waals surface area contributed by atoms with E-state index in [-0.39, 0.29) is 5.91 Å². The second-order valence-electron chi connectivity index (χ2n) is 5.78. The van der Waals surface area contributed by atoms with Crippen molar-refractivity contribution in [3.63, 3.8) is 0 Å². The van der Waals surface area contributed by atoms with Crippen LogP contribution < -0.4 is 14.8 Å². The first-order chi connectivity index (χ1) is 13.0. The highest BCUT2D eigenvalue weighted by Crippen LogP contribution is 2.36. The maximum Gasteiger partial charge on any atom is 0.264 e. The molecule has 27 heavy (non-hydrogen) atoms. The first kappa shape index (κ1) is 19.8. The molecule has 0 saturated carbocycles. The van der Waals surface area contributed by atoms with E-state index in [0.29, 0.717) is 28.2 Å². The number of ether oxygens (including phenoxy) is 2. The molecule has 0 atom stereocenters. The van der Waals surface area contributed by atoms with Crippen LogP contribution in [0.15, 0.2) is 46.3 Å². The smallest absolute Gasteiger partial charge is 0.264 e. The Balaban J connectivity index is 1.86. The van der Waals surface area contributed by atoms with Gasteiger partial charge in [0, 0.05) is 0 Å². The van der Waals surface area contributed by atoms with Crippen LogP contribution in [0.25, 0.3) is 6.08 Å². The molecular weight excluding hydrogens is 475 g/mol. The molecule has 0 radical (unpaired) electrons. The molecule has 0 aromatic heterocycles. The topological polar surface area (TPSA) is 59.9 Å². The number of amides is 1. The molecule has 3 rings (SSSR count). The molecule has 2 aromatic carbocycles. The van der Waals surface area contributed by atoms with Gasteiger partial charge in [-0.3, -0.25) is 4.79 Å². The van der Waals surface area contributed by atoms with Gasteiger partial charge in [-0.25, -0.2) is 4.99 Å². The van der Waals surface area contributed by atoms with Gasteiger partial charge in [-0.15, -0.1) is 0 Å². The van der Waals surface area contributed by atoms with E-state index in [0.717, 1.165) is 14.8 Å². The minimum atomic E-state index is -0.159. The number of benzene rings is 2. The summed E-state index contributed by atoms with van der Waals surface area (Å²) in [5.74, 6) is 1.20. The molecule has 1 amide bonds. The average molecular weight is 494 g/mol. The maximum atomic E-state index is 12.3. The number of nitrogens with zero attached hydrogens (tertiary/aromatic N) is 1. The van der Waals surface area contributed by atoms with Crippen LogP contribution in [0.3, 0.4) is 0 Å². The molecule has 2 aromatic rings. The monoisotopic (exact) mass is 494 g/mol. The van der Waals surface area contributed by atoms with Crippen molar-refractivity contribution >= 4 is 57.2 Å². The van der Waals surface area contributed by atoms with Crippen LogP contribution in [0, 0.1) is 10.5 Å². The van der Waals surface area contributed by atoms with Gasteiger partial charge in [-0.2, -0.15) is 0 Å². The molecule has 1 aliphatic rings. The lowest BCUT2D eigenvalue weighted by atomic mass is 10.2. The Labute approximate surface area is 176 Å². The normalized spacial score (nSPS) is 16.7. The van der Waals surface area contributed by atoms with Gasteiger partial charge in [0.15, 0.2) is 16.7 Å². The molecule has 0 aliphatic carbocycles. The van der Waals surface area contributed by atoms with E-state index in [1.54, 1.807) is 7.11 Å². The summed E-state index contributed by atoms with van der Waals surface area (Å²) in [6.45, 7) is 4.51. The number of nitrogens with one attached hydrogen (secondary N) is 1. The van der Waals surface area contributed by atoms with Gasteiger partial charge in [0.05, 0.1) is 27.9 Å². The van der Waals surface area contributed by atoms with Gasteiger partial charge in [-0.1, -0.05) is 17.7 Å². The number of aryl methyl sites for hydroxylation is 1. The number of hydrogen-bond donors (Lipinski definition) is 1. The SMILES string of the molecule is CCOc1c(I)cc(/C=C2\SC(=Nc3ccc(C)cc3)NC2=O)cc1OC. The molecule has 1 aliphatic heterocycles. The summed E-state index contributed by atoms with van der Waals surface area (Å²) in [6.07, 6.45) is 1.83. The molecule has 0 bridgehead atoms. The van der Waals surface area contributed by atoms with Crippen molar-refractivity contribution in [2.45, 2.75) is 13.8 Å². The fourth-order valence-electron chi connectivity index (χ4n) is 2.48. The first-order valence-corrected chi connectivity index (χ1v) is 10.3. The fourth-order valence-corrected chi connectivity index (χ4v) is 4.10. The van der Waals surface area contributed by atoms with E-state index in [9.17, 15) is 4.79 Å². The Morgan fingerprint density at radius 3 is 2.67 bits per heavy atom. The van der Waals surface area contributed by atoms with Gasteiger partial charge in [0.1, 0.15) is 0 Å². The van der Waals surface area contributed by atoms with Crippen molar-refractivity contribution in [2.75, 3.05) is 13.7 Å². The fraction of sp³-hybridized carbons (Fsp3) is 0.200. The average Bonchev–Trinajstić information content (AvgIpc) is 2.98. The van der Waals surface area contributed by atoms with E-state index < -0.39 is 0 Å². The number of halogens is 1. The molecule has 0 spiro atoms. The van der Waals surface area contributed by atoms with Crippen LogP contribution in [0.1, 0.15) is 18.1 Å². The second kappa shape index (κ2) is 8.79. The Bertz CT molecular complexity index is 924. The quantitative estimate of drug-likeness (QED) is 0.475. The number of methoxy groups -OCH3 is 1. The Morgan fingerprint density at radius 1 is 1.26 bits per heavy atom. The first-order valence-electron chi connectivity index (χ1n) is 8.36. The van der Waals surface area contributed by atoms with E-state index in [2.05, 4.69) is 32.9 Å². The van der Waals surface area contributed by atoms with Crippen molar-refractivity contribution in [2.24, 2.45) is 4.99 Å². The van der Waals surface area contributed by atoms with Gasteiger partial charge in [-0.05, 0) is 84.1 Å². The Kier molecular flexibility index (Phi) is 6.43. The summed E-state index contributed by atoms with van der Waals surface area (Å²) < 4.78 is 12.0. The lowest BCUT2D eigenvalue weighted by Gasteiger charge is -2.12. The van der Waals surface area contributed by atoms with E-state index >= 15 is 0 Å². The second-order valence-corrected chi connectivity index (χ2v) is 7.98. The molecule has 0 unspecified atom stereocenters. The molecule has 7 heteroatoms. The summed E-state index contributed by atoms with van der Waals surface area (Å²) in [5, 5.41) is 3.38. The third-order valence-corrected chi connectivity index (χ3v) is 5.46. The summed E-state index contributed by atoms with van der Waals surface area (Å²) >= 11 is 3.53. The highest BCUT2D eigenvalue weighted by molar-refractivity contribution is 14.1. The standard InChI is InChI=1S/C20H19IN2O3S/c1-4-26-18-15(21)9-13(10-16(18)25-3)11-17-19(24)23-20(27-17)22-14-7-5-12(2)6-8-14/h5-11H,4H2,1-3H3,(H,22,23,24)/b17-11-. The maximum absolute atomic E-state index is 12.3. The number of aliphatic imine (C=N–C) groups is 1. The number of rotatable bonds is 5. The van der Waals surface area contributed by atoms with Crippen molar-refractivity contribution in [1.82, 2.24) is 5.32 Å². The van der Waals surface area contributed by atoms with Gasteiger partial charge in [0.25, 0.3) is 5.91 Å². The van der Waals surface area contributed by atoms with Crippen molar-refractivity contribution in [3.8, 4) is 11.5 Å². The number of carbonyl (C=O) groups excluding carboxylic acids is 1. The van der Waals surface area contributed by atoms with E-state index in [1.165, 1.54) is 17.3 Å². The van der Waals surface area contributed by atoms with Crippen molar-refractivity contribution < 1.29 is 14.3 Å². The number of hydrogen-bond acceptors (Lipinski definition) is 5. The Morgan fingerprint density at radius 2 is 2.00 bits per heavy atom. The summed E-state index contributed by atoms with van der Waals surface area (Å²) in [6, 6.07) is 11.7. The highest BCUT2D eigenvalue weighted by Gasteiger charge is 2.24. The van der Waals surface area contributed by atoms with Crippen LogP contribution in [0.2, 0.25) is 0 Å². The Hall–Kier alpha value is -2.00. The van der Waals surface area contributed by atoms with Gasteiger partial charge < -0.3 is 14.8 Å². The molecule has 5 nitrogen and oxygen atoms in total. The predicted molar refractivity (Wildman–Crippen MR) is 119 cm³/mol. The lowest BCUT2D eigenvalue weighted by Crippen LogP contribution is -2.19. The van der Waals surface area contributed by atoms with E-state index in [4.69, 9.17) is 9.47 Å². The van der Waals surface area contributed by atoms with Crippen LogP contribution in [-0.2, 0) is 4.79 Å². The van der Waals surface area contributed by atoms with Crippen molar-refractivity contribution in [1.29, 1.82) is 0 Å². The number of thioether (sulfide) groups is 1. The van der Waals surface area contributed by atoms with Gasteiger partial charge >= 0.3 is 0 Å². The minimum absolute atomic E-state index is 0.159.